The molecule has 0 saturated heterocycles. The average Bonchev–Trinajstić information content (AvgIpc) is 2.92. The number of carbonyl (C=O) groups excluding carboxylic acids is 2. The van der Waals surface area contributed by atoms with Crippen LogP contribution >= 0.6 is 27.3 Å². The predicted molar refractivity (Wildman–Crippen MR) is 99.6 cm³/mol. The lowest BCUT2D eigenvalue weighted by atomic mass is 10.1. The van der Waals surface area contributed by atoms with Crippen molar-refractivity contribution in [1.29, 1.82) is 0 Å². The number of hydrogen-bond acceptors (Lipinski definition) is 4. The zero-order valence-corrected chi connectivity index (χ0v) is 15.2. The minimum atomic E-state index is -0.476. The van der Waals surface area contributed by atoms with E-state index in [0.717, 1.165) is 20.1 Å². The van der Waals surface area contributed by atoms with Crippen molar-refractivity contribution >= 4 is 54.9 Å². The van der Waals surface area contributed by atoms with Crippen LogP contribution in [0.25, 0.3) is 10.1 Å². The van der Waals surface area contributed by atoms with E-state index < -0.39 is 5.97 Å². The van der Waals surface area contributed by atoms with Gasteiger partial charge in [0.15, 0.2) is 6.61 Å². The standard InChI is InChI=1S/C18H14BrNO3S/c1-11-12-6-2-5-9-15(12)24-17(11)18(22)23-10-16(21)20-14-8-4-3-7-13(14)19/h2-9H,10H2,1H3,(H,20,21). The van der Waals surface area contributed by atoms with Gasteiger partial charge in [-0.15, -0.1) is 11.3 Å². The molecule has 0 aliphatic carbocycles. The molecule has 6 heteroatoms. The summed E-state index contributed by atoms with van der Waals surface area (Å²) in [6.07, 6.45) is 0. The van der Waals surface area contributed by atoms with E-state index in [2.05, 4.69) is 21.2 Å². The molecule has 0 unspecified atom stereocenters. The summed E-state index contributed by atoms with van der Waals surface area (Å²) in [5.74, 6) is -0.856. The summed E-state index contributed by atoms with van der Waals surface area (Å²) in [6.45, 7) is 1.56. The fraction of sp³-hybridized carbons (Fsp3) is 0.111. The summed E-state index contributed by atoms with van der Waals surface area (Å²) in [5, 5.41) is 3.73. The number of ether oxygens (including phenoxy) is 1. The molecule has 0 bridgehead atoms. The van der Waals surface area contributed by atoms with Gasteiger partial charge in [0.2, 0.25) is 0 Å². The fourth-order valence-corrected chi connectivity index (χ4v) is 3.80. The normalized spacial score (nSPS) is 10.6. The van der Waals surface area contributed by atoms with Crippen molar-refractivity contribution in [3.8, 4) is 0 Å². The maximum Gasteiger partial charge on any atom is 0.349 e. The second-order valence-electron chi connectivity index (χ2n) is 5.16. The third kappa shape index (κ3) is 3.49. The van der Waals surface area contributed by atoms with Crippen LogP contribution in [0, 0.1) is 6.92 Å². The molecule has 1 heterocycles. The number of amides is 1. The molecule has 0 saturated carbocycles. The number of thiophene rings is 1. The molecule has 2 aromatic carbocycles. The number of nitrogens with one attached hydrogen (secondary N) is 1. The van der Waals surface area contributed by atoms with Gasteiger partial charge in [0.1, 0.15) is 4.88 Å². The first-order valence-corrected chi connectivity index (χ1v) is 8.87. The van der Waals surface area contributed by atoms with Gasteiger partial charge < -0.3 is 10.1 Å². The Morgan fingerprint density at radius 3 is 2.58 bits per heavy atom. The van der Waals surface area contributed by atoms with Crippen molar-refractivity contribution in [1.82, 2.24) is 0 Å². The van der Waals surface area contributed by atoms with Crippen LogP contribution in [0.3, 0.4) is 0 Å². The largest absolute Gasteiger partial charge is 0.451 e. The first-order valence-electron chi connectivity index (χ1n) is 7.26. The fourth-order valence-electron chi connectivity index (χ4n) is 2.31. The molecule has 122 valence electrons. The summed E-state index contributed by atoms with van der Waals surface area (Å²) in [7, 11) is 0. The van der Waals surface area contributed by atoms with E-state index in [1.54, 1.807) is 6.07 Å². The van der Waals surface area contributed by atoms with Crippen LogP contribution in [0.5, 0.6) is 0 Å². The second kappa shape index (κ2) is 7.15. The number of hydrogen-bond donors (Lipinski definition) is 1. The molecule has 24 heavy (non-hydrogen) atoms. The Morgan fingerprint density at radius 2 is 1.83 bits per heavy atom. The van der Waals surface area contributed by atoms with Gasteiger partial charge in [-0.1, -0.05) is 30.3 Å². The lowest BCUT2D eigenvalue weighted by Gasteiger charge is -2.07. The van der Waals surface area contributed by atoms with Crippen LogP contribution in [0.4, 0.5) is 5.69 Å². The van der Waals surface area contributed by atoms with E-state index in [1.165, 1.54) is 11.3 Å². The monoisotopic (exact) mass is 403 g/mol. The maximum absolute atomic E-state index is 12.3. The molecule has 1 N–H and O–H groups in total. The van der Waals surface area contributed by atoms with E-state index in [0.29, 0.717) is 10.6 Å². The van der Waals surface area contributed by atoms with Crippen LogP contribution in [-0.2, 0) is 9.53 Å². The summed E-state index contributed by atoms with van der Waals surface area (Å²) in [6, 6.07) is 15.0. The van der Waals surface area contributed by atoms with Gasteiger partial charge in [0.05, 0.1) is 5.69 Å². The molecule has 1 aromatic heterocycles. The first kappa shape index (κ1) is 16.7. The van der Waals surface area contributed by atoms with Gasteiger partial charge in [0.25, 0.3) is 5.91 Å². The average molecular weight is 404 g/mol. The third-order valence-electron chi connectivity index (χ3n) is 3.51. The van der Waals surface area contributed by atoms with Gasteiger partial charge in [-0.25, -0.2) is 4.79 Å². The number of halogens is 1. The highest BCUT2D eigenvalue weighted by atomic mass is 79.9. The molecule has 0 aliphatic rings. The smallest absolute Gasteiger partial charge is 0.349 e. The van der Waals surface area contributed by atoms with Gasteiger partial charge in [0, 0.05) is 9.17 Å². The highest BCUT2D eigenvalue weighted by molar-refractivity contribution is 9.10. The van der Waals surface area contributed by atoms with Crippen molar-refractivity contribution < 1.29 is 14.3 Å². The van der Waals surface area contributed by atoms with Gasteiger partial charge in [-0.3, -0.25) is 4.79 Å². The highest BCUT2D eigenvalue weighted by Crippen LogP contribution is 2.31. The topological polar surface area (TPSA) is 55.4 Å². The minimum Gasteiger partial charge on any atom is -0.451 e. The van der Waals surface area contributed by atoms with Gasteiger partial charge >= 0.3 is 5.97 Å². The molecule has 0 atom stereocenters. The van der Waals surface area contributed by atoms with E-state index in [4.69, 9.17) is 4.74 Å². The number of benzene rings is 2. The molecule has 0 aliphatic heterocycles. The van der Waals surface area contributed by atoms with Crippen molar-refractivity contribution in [2.45, 2.75) is 6.92 Å². The SMILES string of the molecule is Cc1c(C(=O)OCC(=O)Nc2ccccc2Br)sc2ccccc12. The van der Waals surface area contributed by atoms with Gasteiger partial charge in [-0.05, 0) is 52.0 Å². The Morgan fingerprint density at radius 1 is 1.12 bits per heavy atom. The van der Waals surface area contributed by atoms with Crippen LogP contribution in [0.15, 0.2) is 53.0 Å². The summed E-state index contributed by atoms with van der Waals surface area (Å²) in [4.78, 5) is 24.7. The van der Waals surface area contributed by atoms with Crippen molar-refractivity contribution in [2.24, 2.45) is 0 Å². The summed E-state index contributed by atoms with van der Waals surface area (Å²) < 4.78 is 6.95. The Balaban J connectivity index is 1.65. The number of rotatable bonds is 4. The van der Waals surface area contributed by atoms with Crippen LogP contribution in [0.1, 0.15) is 15.2 Å². The molecule has 3 aromatic rings. The minimum absolute atomic E-state index is 0.326. The van der Waals surface area contributed by atoms with E-state index in [-0.39, 0.29) is 12.5 Å². The van der Waals surface area contributed by atoms with E-state index in [1.807, 2.05) is 49.4 Å². The number of anilines is 1. The summed E-state index contributed by atoms with van der Waals surface area (Å²) >= 11 is 4.73. The Kier molecular flexibility index (Phi) is 4.97. The lowest BCUT2D eigenvalue weighted by molar-refractivity contribution is -0.119. The first-order chi connectivity index (χ1) is 11.6. The molecule has 0 radical (unpaired) electrons. The zero-order valence-electron chi connectivity index (χ0n) is 12.8. The highest BCUT2D eigenvalue weighted by Gasteiger charge is 2.17. The van der Waals surface area contributed by atoms with Crippen LogP contribution in [-0.4, -0.2) is 18.5 Å². The molecule has 1 amide bonds. The number of para-hydroxylation sites is 1. The number of aryl methyl sites for hydroxylation is 1. The predicted octanol–water partition coefficient (Wildman–Crippen LogP) is 4.77. The quantitative estimate of drug-likeness (QED) is 0.638. The second-order valence-corrected chi connectivity index (χ2v) is 7.06. The lowest BCUT2D eigenvalue weighted by Crippen LogP contribution is -2.21. The molecular weight excluding hydrogens is 390 g/mol. The number of esters is 1. The zero-order chi connectivity index (χ0) is 17.1. The Labute approximate surface area is 151 Å². The summed E-state index contributed by atoms with van der Waals surface area (Å²) in [5.41, 5.74) is 1.52. The van der Waals surface area contributed by atoms with Crippen molar-refractivity contribution in [3.05, 3.63) is 63.4 Å². The Bertz CT molecular complexity index is 920. The Hall–Kier alpha value is -2.18. The molecule has 4 nitrogen and oxygen atoms in total. The van der Waals surface area contributed by atoms with Crippen molar-refractivity contribution in [2.75, 3.05) is 11.9 Å². The van der Waals surface area contributed by atoms with Crippen LogP contribution in [0.2, 0.25) is 0 Å². The van der Waals surface area contributed by atoms with Crippen molar-refractivity contribution in [3.63, 3.8) is 0 Å². The number of fused-ring (bicyclic) bond motifs is 1. The molecule has 0 fully saturated rings. The third-order valence-corrected chi connectivity index (χ3v) is 5.46. The van der Waals surface area contributed by atoms with Gasteiger partial charge in [-0.2, -0.15) is 0 Å². The molecule has 0 spiro atoms. The molecule has 3 rings (SSSR count). The maximum atomic E-state index is 12.3. The van der Waals surface area contributed by atoms with Crippen LogP contribution < -0.4 is 5.32 Å². The van der Waals surface area contributed by atoms with E-state index >= 15 is 0 Å². The van der Waals surface area contributed by atoms with E-state index in [9.17, 15) is 9.59 Å². The molecular formula is C18H14BrNO3S. The number of carbonyl (C=O) groups is 2.